The standard InChI is InChI=1S/C31H26N8O4/c32-14-26-34-13-11-27(35-26)39(31(40,41)42)23-17-37(18-23)16-20-6-8-21(9-7-20)28-29(22-4-2-1-3-5-22)38-19-43-25-10-12-33-15-24(25)30(38)36-28/h1-13,15,23,40-42H,16-19H2. The van der Waals surface area contributed by atoms with Crippen molar-refractivity contribution >= 4 is 5.82 Å². The first-order chi connectivity index (χ1) is 20.9. The van der Waals surface area contributed by atoms with Crippen molar-refractivity contribution in [1.29, 1.82) is 5.26 Å². The quantitative estimate of drug-likeness (QED) is 0.246. The van der Waals surface area contributed by atoms with Crippen LogP contribution in [0.1, 0.15) is 11.4 Å². The molecule has 3 N–H and O–H groups in total. The molecule has 0 saturated carbocycles. The molecule has 7 rings (SSSR count). The zero-order valence-corrected chi connectivity index (χ0v) is 22.8. The Kier molecular flexibility index (Phi) is 6.56. The van der Waals surface area contributed by atoms with Crippen molar-refractivity contribution < 1.29 is 20.1 Å². The molecule has 0 radical (unpaired) electrons. The van der Waals surface area contributed by atoms with Gasteiger partial charge >= 0.3 is 6.10 Å². The number of nitriles is 1. The van der Waals surface area contributed by atoms with Crippen LogP contribution in [0.5, 0.6) is 5.75 Å². The van der Waals surface area contributed by atoms with E-state index in [4.69, 9.17) is 15.0 Å². The van der Waals surface area contributed by atoms with Gasteiger partial charge in [0.15, 0.2) is 6.73 Å². The van der Waals surface area contributed by atoms with Crippen LogP contribution in [0, 0.1) is 11.3 Å². The maximum atomic E-state index is 10.0. The molecular weight excluding hydrogens is 548 g/mol. The molecule has 0 unspecified atom stereocenters. The molecule has 1 fully saturated rings. The molecule has 2 aliphatic rings. The molecule has 12 heteroatoms. The van der Waals surface area contributed by atoms with Gasteiger partial charge in [-0.1, -0.05) is 54.6 Å². The number of aromatic nitrogens is 5. The fraction of sp³-hybridized carbons (Fsp3) is 0.194. The molecule has 0 atom stereocenters. The molecule has 3 aromatic heterocycles. The van der Waals surface area contributed by atoms with Gasteiger partial charge < -0.3 is 20.1 Å². The van der Waals surface area contributed by atoms with Gasteiger partial charge in [0.05, 0.1) is 23.0 Å². The summed E-state index contributed by atoms with van der Waals surface area (Å²) < 4.78 is 8.11. The van der Waals surface area contributed by atoms with E-state index in [1.165, 1.54) is 12.3 Å². The number of nitrogens with zero attached hydrogens (tertiary/aromatic N) is 8. The molecule has 12 nitrogen and oxygen atoms in total. The number of hydrogen-bond donors (Lipinski definition) is 3. The van der Waals surface area contributed by atoms with Gasteiger partial charge in [0.1, 0.15) is 23.5 Å². The largest absolute Gasteiger partial charge is 0.472 e. The summed E-state index contributed by atoms with van der Waals surface area (Å²) in [6, 6.07) is 23.0. The third kappa shape index (κ3) is 4.96. The second-order valence-corrected chi connectivity index (χ2v) is 10.4. The van der Waals surface area contributed by atoms with E-state index in [0.717, 1.165) is 50.1 Å². The van der Waals surface area contributed by atoms with Gasteiger partial charge in [-0.3, -0.25) is 19.4 Å². The lowest BCUT2D eigenvalue weighted by atomic mass is 10.0. The Morgan fingerprint density at radius 2 is 1.74 bits per heavy atom. The number of fused-ring (bicyclic) bond motifs is 3. The molecule has 0 amide bonds. The molecule has 5 heterocycles. The van der Waals surface area contributed by atoms with E-state index >= 15 is 0 Å². The number of rotatable bonds is 7. The third-order valence-electron chi connectivity index (χ3n) is 7.63. The van der Waals surface area contributed by atoms with Gasteiger partial charge in [-0.2, -0.15) is 5.26 Å². The second-order valence-electron chi connectivity index (χ2n) is 10.4. The fourth-order valence-corrected chi connectivity index (χ4v) is 5.67. The topological polar surface area (TPSA) is 157 Å². The van der Waals surface area contributed by atoms with Crippen LogP contribution in [0.15, 0.2) is 85.3 Å². The number of anilines is 1. The Bertz CT molecular complexity index is 1820. The highest BCUT2D eigenvalue weighted by molar-refractivity contribution is 5.83. The van der Waals surface area contributed by atoms with E-state index in [1.54, 1.807) is 12.4 Å². The minimum Gasteiger partial charge on any atom is -0.472 e. The zero-order chi connectivity index (χ0) is 29.6. The van der Waals surface area contributed by atoms with E-state index in [2.05, 4.69) is 60.8 Å². The minimum atomic E-state index is -3.14. The molecule has 1 saturated heterocycles. The Morgan fingerprint density at radius 3 is 2.49 bits per heavy atom. The summed E-state index contributed by atoms with van der Waals surface area (Å²) in [6.07, 6.45) is 1.68. The van der Waals surface area contributed by atoms with Crippen molar-refractivity contribution in [3.05, 3.63) is 96.7 Å². The van der Waals surface area contributed by atoms with Crippen LogP contribution in [-0.2, 0) is 13.3 Å². The van der Waals surface area contributed by atoms with Crippen LogP contribution in [0.3, 0.4) is 0 Å². The van der Waals surface area contributed by atoms with Crippen molar-refractivity contribution in [2.24, 2.45) is 0 Å². The van der Waals surface area contributed by atoms with Gasteiger partial charge in [-0.25, -0.2) is 15.0 Å². The summed E-state index contributed by atoms with van der Waals surface area (Å²) in [4.78, 5) is 20.3. The summed E-state index contributed by atoms with van der Waals surface area (Å²) in [7, 11) is 0. The third-order valence-corrected chi connectivity index (χ3v) is 7.63. The van der Waals surface area contributed by atoms with Gasteiger partial charge in [0.25, 0.3) is 0 Å². The molecule has 43 heavy (non-hydrogen) atoms. The first-order valence-electron chi connectivity index (χ1n) is 13.6. The summed E-state index contributed by atoms with van der Waals surface area (Å²) in [5.74, 6) is 1.48. The number of aliphatic hydroxyl groups is 3. The normalized spacial score (nSPS) is 14.7. The predicted octanol–water partition coefficient (Wildman–Crippen LogP) is 2.57. The van der Waals surface area contributed by atoms with E-state index in [9.17, 15) is 15.3 Å². The highest BCUT2D eigenvalue weighted by Crippen LogP contribution is 2.41. The summed E-state index contributed by atoms with van der Waals surface area (Å²) in [5, 5.41) is 39.2. The molecule has 0 bridgehead atoms. The lowest BCUT2D eigenvalue weighted by molar-refractivity contribution is -0.316. The van der Waals surface area contributed by atoms with E-state index in [-0.39, 0.29) is 11.6 Å². The molecule has 0 spiro atoms. The van der Waals surface area contributed by atoms with Crippen molar-refractivity contribution in [2.45, 2.75) is 25.4 Å². The van der Waals surface area contributed by atoms with Crippen LogP contribution in [0.4, 0.5) is 5.82 Å². The molecule has 5 aromatic rings. The van der Waals surface area contributed by atoms with Gasteiger partial charge in [0, 0.05) is 49.4 Å². The number of likely N-dealkylation sites (tertiary alicyclic amines) is 1. The summed E-state index contributed by atoms with van der Waals surface area (Å²) in [6.45, 7) is 1.84. The predicted molar refractivity (Wildman–Crippen MR) is 155 cm³/mol. The molecule has 2 aromatic carbocycles. The molecule has 0 aliphatic carbocycles. The number of pyridine rings is 1. The van der Waals surface area contributed by atoms with E-state index in [1.807, 2.05) is 30.3 Å². The Hall–Kier alpha value is -5.19. The highest BCUT2D eigenvalue weighted by Gasteiger charge is 2.42. The monoisotopic (exact) mass is 574 g/mol. The number of imidazole rings is 1. The average molecular weight is 575 g/mol. The van der Waals surface area contributed by atoms with Crippen molar-refractivity contribution in [3.63, 3.8) is 0 Å². The van der Waals surface area contributed by atoms with Crippen molar-refractivity contribution in [3.8, 4) is 45.7 Å². The maximum absolute atomic E-state index is 10.0. The van der Waals surface area contributed by atoms with Crippen LogP contribution in [0.2, 0.25) is 0 Å². The van der Waals surface area contributed by atoms with E-state index < -0.39 is 12.1 Å². The first kappa shape index (κ1) is 26.7. The van der Waals surface area contributed by atoms with Gasteiger partial charge in [0.2, 0.25) is 5.82 Å². The number of hydrogen-bond acceptors (Lipinski definition) is 11. The molecule has 2 aliphatic heterocycles. The minimum absolute atomic E-state index is 0.0499. The summed E-state index contributed by atoms with van der Waals surface area (Å²) >= 11 is 0. The van der Waals surface area contributed by atoms with Crippen molar-refractivity contribution in [1.82, 2.24) is 29.4 Å². The molecular formula is C31H26N8O4. The number of benzene rings is 2. The number of ether oxygens (including phenoxy) is 1. The smallest absolute Gasteiger partial charge is 0.371 e. The van der Waals surface area contributed by atoms with Crippen LogP contribution in [0.25, 0.3) is 33.9 Å². The van der Waals surface area contributed by atoms with Gasteiger partial charge in [-0.15, -0.1) is 0 Å². The molecule has 214 valence electrons. The Morgan fingerprint density at radius 1 is 0.953 bits per heavy atom. The van der Waals surface area contributed by atoms with Crippen LogP contribution in [-0.4, -0.2) is 70.0 Å². The second kappa shape index (κ2) is 10.6. The Labute approximate surface area is 246 Å². The fourth-order valence-electron chi connectivity index (χ4n) is 5.67. The lowest BCUT2D eigenvalue weighted by Gasteiger charge is -2.48. The maximum Gasteiger partial charge on any atom is 0.371 e. The zero-order valence-electron chi connectivity index (χ0n) is 22.8. The van der Waals surface area contributed by atoms with E-state index in [0.29, 0.717) is 26.4 Å². The Balaban J connectivity index is 1.12. The van der Waals surface area contributed by atoms with Crippen LogP contribution < -0.4 is 9.64 Å². The SMILES string of the molecule is N#Cc1nccc(N(C2CN(Cc3ccc(-c4nc5n(c4-c4ccccc4)COc4ccncc4-5)cc3)C2)C(O)(O)O)n1. The lowest BCUT2D eigenvalue weighted by Crippen LogP contribution is -2.66. The average Bonchev–Trinajstić information content (AvgIpc) is 3.40. The first-order valence-corrected chi connectivity index (χ1v) is 13.6. The summed E-state index contributed by atoms with van der Waals surface area (Å²) in [5.41, 5.74) is 5.72. The van der Waals surface area contributed by atoms with Crippen molar-refractivity contribution in [2.75, 3.05) is 18.0 Å². The van der Waals surface area contributed by atoms with Gasteiger partial charge in [-0.05, 0) is 17.7 Å². The van der Waals surface area contributed by atoms with Crippen LogP contribution >= 0.6 is 0 Å². The highest BCUT2D eigenvalue weighted by atomic mass is 16.7.